The minimum atomic E-state index is -1.00. The number of likely N-dealkylation sites (N-methyl/N-ethyl adjacent to an activating group) is 1. The number of carbonyl (C=O) groups excluding carboxylic acids is 4. The number of para-hydroxylation sites is 1. The smallest absolute Gasteiger partial charge is 0.334 e. The average molecular weight is 434 g/mol. The quantitative estimate of drug-likeness (QED) is 0.435. The number of nitrogens with zero attached hydrogens (tertiary/aromatic N) is 2. The number of benzene rings is 2. The van der Waals surface area contributed by atoms with Gasteiger partial charge >= 0.3 is 17.8 Å². The van der Waals surface area contributed by atoms with Gasteiger partial charge in [0.25, 0.3) is 0 Å². The summed E-state index contributed by atoms with van der Waals surface area (Å²) in [6, 6.07) is 14.6. The van der Waals surface area contributed by atoms with E-state index in [0.717, 1.165) is 27.8 Å². The highest BCUT2D eigenvalue weighted by Crippen LogP contribution is 2.31. The number of rotatable bonds is 7. The van der Waals surface area contributed by atoms with Crippen LogP contribution in [-0.2, 0) is 14.4 Å². The Hall–Kier alpha value is -4.14. The fourth-order valence-electron chi connectivity index (χ4n) is 3.79. The van der Waals surface area contributed by atoms with Crippen LogP contribution in [0.25, 0.3) is 10.9 Å². The molecule has 164 valence electrons. The first-order chi connectivity index (χ1) is 15.4. The Morgan fingerprint density at radius 1 is 1.06 bits per heavy atom. The molecule has 1 fully saturated rings. The van der Waals surface area contributed by atoms with Crippen LogP contribution in [0.4, 0.5) is 4.79 Å². The van der Waals surface area contributed by atoms with E-state index in [-0.39, 0.29) is 12.5 Å². The molecule has 0 saturated carbocycles. The molecule has 2 N–H and O–H groups in total. The molecular formula is C23H22N4O5. The Balaban J connectivity index is 1.56. The van der Waals surface area contributed by atoms with Crippen molar-refractivity contribution in [2.45, 2.75) is 5.92 Å². The zero-order valence-corrected chi connectivity index (χ0v) is 17.6. The second-order valence-corrected chi connectivity index (χ2v) is 7.46. The Morgan fingerprint density at radius 2 is 1.78 bits per heavy atom. The Kier molecular flexibility index (Phi) is 5.63. The fraction of sp³-hybridized carbons (Fsp3) is 0.217. The average Bonchev–Trinajstić information content (AvgIpc) is 3.31. The number of ether oxygens (including phenoxy) is 1. The minimum absolute atomic E-state index is 0.199. The van der Waals surface area contributed by atoms with Gasteiger partial charge in [-0.2, -0.15) is 0 Å². The topological polar surface area (TPSA) is 112 Å². The summed E-state index contributed by atoms with van der Waals surface area (Å²) in [6.45, 7) is -0.288. The monoisotopic (exact) mass is 434 g/mol. The molecule has 1 aliphatic heterocycles. The van der Waals surface area contributed by atoms with Gasteiger partial charge in [0.1, 0.15) is 12.3 Å². The van der Waals surface area contributed by atoms with Gasteiger partial charge in [-0.25, -0.2) is 9.69 Å². The number of fused-ring (bicyclic) bond motifs is 1. The van der Waals surface area contributed by atoms with Crippen LogP contribution in [0.5, 0.6) is 5.75 Å². The molecular weight excluding hydrogens is 412 g/mol. The van der Waals surface area contributed by atoms with E-state index in [9.17, 15) is 19.2 Å². The van der Waals surface area contributed by atoms with E-state index < -0.39 is 30.3 Å². The van der Waals surface area contributed by atoms with E-state index in [1.54, 1.807) is 7.11 Å². The molecule has 1 atom stereocenters. The first-order valence-corrected chi connectivity index (χ1v) is 10.0. The standard InChI is InChI=1S/C23H22N4O5/c1-26-21(29)22(30)27(23(26)31)13-20(28)25-11-17(14-7-9-15(32-2)10-8-14)18-12-24-19-6-4-3-5-16(18)19/h3-10,12,17,24H,11,13H2,1-2H3,(H,25,28). The lowest BCUT2D eigenvalue weighted by Gasteiger charge is -2.19. The van der Waals surface area contributed by atoms with Crippen molar-refractivity contribution in [1.29, 1.82) is 0 Å². The number of urea groups is 1. The maximum atomic E-state index is 12.6. The summed E-state index contributed by atoms with van der Waals surface area (Å²) >= 11 is 0. The van der Waals surface area contributed by atoms with E-state index in [2.05, 4.69) is 10.3 Å². The molecule has 2 heterocycles. The summed E-state index contributed by atoms with van der Waals surface area (Å²) in [5.74, 6) is -1.97. The fourth-order valence-corrected chi connectivity index (χ4v) is 3.79. The van der Waals surface area contributed by atoms with Crippen molar-refractivity contribution in [3.63, 3.8) is 0 Å². The maximum Gasteiger partial charge on any atom is 0.334 e. The number of hydrogen-bond acceptors (Lipinski definition) is 5. The molecule has 2 aromatic carbocycles. The molecule has 1 aliphatic rings. The minimum Gasteiger partial charge on any atom is -0.497 e. The van der Waals surface area contributed by atoms with E-state index >= 15 is 0 Å². The maximum absolute atomic E-state index is 12.6. The first kappa shape index (κ1) is 21.1. The number of aromatic nitrogens is 1. The predicted molar refractivity (Wildman–Crippen MR) is 116 cm³/mol. The Bertz CT molecular complexity index is 1200. The van der Waals surface area contributed by atoms with Gasteiger partial charge in [0.15, 0.2) is 0 Å². The van der Waals surface area contributed by atoms with Gasteiger partial charge in [0.2, 0.25) is 5.91 Å². The van der Waals surface area contributed by atoms with Gasteiger partial charge in [-0.3, -0.25) is 19.3 Å². The summed E-state index contributed by atoms with van der Waals surface area (Å²) in [7, 11) is 2.80. The number of nitrogens with one attached hydrogen (secondary N) is 2. The van der Waals surface area contributed by atoms with E-state index in [1.165, 1.54) is 7.05 Å². The zero-order chi connectivity index (χ0) is 22.8. The Labute approximate surface area is 183 Å². The highest BCUT2D eigenvalue weighted by Gasteiger charge is 2.43. The van der Waals surface area contributed by atoms with Gasteiger partial charge in [-0.05, 0) is 29.3 Å². The molecule has 0 bridgehead atoms. The molecule has 5 amide bonds. The van der Waals surface area contributed by atoms with Gasteiger partial charge < -0.3 is 15.0 Å². The third-order valence-corrected chi connectivity index (χ3v) is 5.57. The highest BCUT2D eigenvalue weighted by molar-refractivity contribution is 6.44. The van der Waals surface area contributed by atoms with Gasteiger partial charge in [0.05, 0.1) is 7.11 Å². The van der Waals surface area contributed by atoms with Gasteiger partial charge in [-0.15, -0.1) is 0 Å². The predicted octanol–water partition coefficient (Wildman–Crippen LogP) is 1.85. The van der Waals surface area contributed by atoms with E-state index in [4.69, 9.17) is 4.74 Å². The van der Waals surface area contributed by atoms with Crippen molar-refractivity contribution in [1.82, 2.24) is 20.1 Å². The molecule has 0 radical (unpaired) electrons. The summed E-state index contributed by atoms with van der Waals surface area (Å²) in [5.41, 5.74) is 2.93. The first-order valence-electron chi connectivity index (χ1n) is 10.0. The lowest BCUT2D eigenvalue weighted by atomic mass is 9.90. The number of carbonyl (C=O) groups is 4. The third kappa shape index (κ3) is 3.80. The number of methoxy groups -OCH3 is 1. The van der Waals surface area contributed by atoms with Crippen LogP contribution in [0.3, 0.4) is 0 Å². The number of amides is 5. The Morgan fingerprint density at radius 3 is 2.44 bits per heavy atom. The highest BCUT2D eigenvalue weighted by atomic mass is 16.5. The molecule has 4 rings (SSSR count). The molecule has 32 heavy (non-hydrogen) atoms. The van der Waals surface area contributed by atoms with Crippen LogP contribution >= 0.6 is 0 Å². The van der Waals surface area contributed by atoms with E-state index in [0.29, 0.717) is 9.80 Å². The summed E-state index contributed by atoms with van der Waals surface area (Å²) in [5, 5.41) is 3.83. The van der Waals surface area contributed by atoms with Crippen molar-refractivity contribution < 1.29 is 23.9 Å². The van der Waals surface area contributed by atoms with Crippen molar-refractivity contribution in [3.05, 3.63) is 65.9 Å². The number of H-pyrrole nitrogens is 1. The molecule has 0 spiro atoms. The SMILES string of the molecule is COc1ccc(C(CNC(=O)CN2C(=O)C(=O)N(C)C2=O)c2c[nH]c3ccccc23)cc1. The van der Waals surface area contributed by atoms with Gasteiger partial charge in [0, 0.05) is 36.6 Å². The van der Waals surface area contributed by atoms with Crippen molar-refractivity contribution in [3.8, 4) is 5.75 Å². The number of hydrogen-bond donors (Lipinski definition) is 2. The molecule has 1 aromatic heterocycles. The molecule has 1 saturated heterocycles. The number of imide groups is 2. The van der Waals surface area contributed by atoms with E-state index in [1.807, 2.05) is 54.7 Å². The van der Waals surface area contributed by atoms with Crippen LogP contribution in [0, 0.1) is 0 Å². The number of aromatic amines is 1. The van der Waals surface area contributed by atoms with Crippen molar-refractivity contribution >= 4 is 34.7 Å². The lowest BCUT2D eigenvalue weighted by molar-refractivity contribution is -0.143. The van der Waals surface area contributed by atoms with Crippen LogP contribution in [-0.4, -0.2) is 65.8 Å². The van der Waals surface area contributed by atoms with Crippen LogP contribution in [0.15, 0.2) is 54.7 Å². The van der Waals surface area contributed by atoms with Crippen LogP contribution < -0.4 is 10.1 Å². The normalized spacial score (nSPS) is 14.9. The molecule has 9 nitrogen and oxygen atoms in total. The van der Waals surface area contributed by atoms with Gasteiger partial charge in [-0.1, -0.05) is 30.3 Å². The molecule has 1 unspecified atom stereocenters. The van der Waals surface area contributed by atoms with Crippen molar-refractivity contribution in [2.75, 3.05) is 27.2 Å². The third-order valence-electron chi connectivity index (χ3n) is 5.57. The largest absolute Gasteiger partial charge is 0.497 e. The summed E-state index contributed by atoms with van der Waals surface area (Å²) < 4.78 is 5.24. The molecule has 3 aromatic rings. The molecule has 9 heteroatoms. The van der Waals surface area contributed by atoms with Crippen LogP contribution in [0.1, 0.15) is 17.0 Å². The van der Waals surface area contributed by atoms with Crippen molar-refractivity contribution in [2.24, 2.45) is 0 Å². The summed E-state index contributed by atoms with van der Waals surface area (Å²) in [6.07, 6.45) is 1.91. The zero-order valence-electron chi connectivity index (χ0n) is 17.6. The summed E-state index contributed by atoms with van der Waals surface area (Å²) in [4.78, 5) is 52.8. The lowest BCUT2D eigenvalue weighted by Crippen LogP contribution is -2.42. The second kappa shape index (κ2) is 8.54. The van der Waals surface area contributed by atoms with Crippen LogP contribution in [0.2, 0.25) is 0 Å². The molecule has 0 aliphatic carbocycles. The second-order valence-electron chi connectivity index (χ2n) is 7.46.